The number of sulfonamides is 1. The van der Waals surface area contributed by atoms with Gasteiger partial charge in [0.2, 0.25) is 10.0 Å². The molecule has 0 saturated carbocycles. The molecule has 0 amide bonds. The lowest BCUT2D eigenvalue weighted by atomic mass is 10.3. The van der Waals surface area contributed by atoms with E-state index in [0.717, 1.165) is 6.07 Å². The van der Waals surface area contributed by atoms with E-state index in [0.29, 0.717) is 12.2 Å². The van der Waals surface area contributed by atoms with Gasteiger partial charge in [-0.1, -0.05) is 11.6 Å². The quantitative estimate of drug-likeness (QED) is 0.600. The van der Waals surface area contributed by atoms with Crippen molar-refractivity contribution in [1.82, 2.24) is 4.72 Å². The van der Waals surface area contributed by atoms with Gasteiger partial charge in [-0.25, -0.2) is 17.5 Å². The number of benzene rings is 1. The summed E-state index contributed by atoms with van der Waals surface area (Å²) in [5.41, 5.74) is 5.12. The molecule has 5 nitrogen and oxygen atoms in total. The number of rotatable bonds is 5. The van der Waals surface area contributed by atoms with Gasteiger partial charge in [0, 0.05) is 13.0 Å². The van der Waals surface area contributed by atoms with Crippen molar-refractivity contribution in [1.29, 1.82) is 0 Å². The van der Waals surface area contributed by atoms with Gasteiger partial charge in [0.15, 0.2) is 5.82 Å². The number of hydrogen-bond acceptors (Lipinski definition) is 4. The van der Waals surface area contributed by atoms with Crippen LogP contribution in [0.15, 0.2) is 38.2 Å². The van der Waals surface area contributed by atoms with E-state index in [1.54, 1.807) is 12.1 Å². The Labute approximate surface area is 134 Å². The molecule has 9 heteroatoms. The average molecular weight is 398 g/mol. The van der Waals surface area contributed by atoms with E-state index < -0.39 is 20.7 Å². The number of anilines is 1. The van der Waals surface area contributed by atoms with Crippen LogP contribution >= 0.6 is 27.5 Å². The second-order valence-electron chi connectivity index (χ2n) is 4.13. The first-order chi connectivity index (χ1) is 9.83. The molecule has 0 bridgehead atoms. The standard InChI is InChI=1S/C12H11BrClFN2O3S/c13-10-8(14)6-9(11(15)12(10)16)21(18,19)17-4-3-7-2-1-5-20-7/h1-2,5-6,17H,3-4,16H2. The van der Waals surface area contributed by atoms with Crippen molar-refractivity contribution < 1.29 is 17.2 Å². The smallest absolute Gasteiger partial charge is 0.243 e. The SMILES string of the molecule is Nc1c(F)c(S(=O)(=O)NCCc2ccco2)cc(Cl)c1Br. The highest BCUT2D eigenvalue weighted by atomic mass is 79.9. The molecule has 0 saturated heterocycles. The van der Waals surface area contributed by atoms with E-state index in [1.807, 2.05) is 0 Å². The summed E-state index contributed by atoms with van der Waals surface area (Å²) in [4.78, 5) is -0.590. The predicted molar refractivity (Wildman–Crippen MR) is 81.1 cm³/mol. The van der Waals surface area contributed by atoms with Gasteiger partial charge in [0.25, 0.3) is 0 Å². The Morgan fingerprint density at radius 2 is 2.19 bits per heavy atom. The first-order valence-corrected chi connectivity index (χ1v) is 8.43. The zero-order chi connectivity index (χ0) is 15.6. The van der Waals surface area contributed by atoms with Gasteiger partial charge in [-0.05, 0) is 34.1 Å². The number of nitrogens with one attached hydrogen (secondary N) is 1. The van der Waals surface area contributed by atoms with E-state index in [4.69, 9.17) is 21.8 Å². The Morgan fingerprint density at radius 3 is 2.81 bits per heavy atom. The van der Waals surface area contributed by atoms with Crippen LogP contribution in [0.4, 0.5) is 10.1 Å². The third-order valence-electron chi connectivity index (χ3n) is 2.69. The molecule has 0 radical (unpaired) electrons. The van der Waals surface area contributed by atoms with Gasteiger partial charge < -0.3 is 10.2 Å². The fraction of sp³-hybridized carbons (Fsp3) is 0.167. The fourth-order valence-corrected chi connectivity index (χ4v) is 3.35. The number of halogens is 3. The predicted octanol–water partition coefficient (Wildman–Crippen LogP) is 2.94. The molecule has 21 heavy (non-hydrogen) atoms. The van der Waals surface area contributed by atoms with Crippen LogP contribution in [-0.2, 0) is 16.4 Å². The molecule has 0 aliphatic carbocycles. The van der Waals surface area contributed by atoms with E-state index in [-0.39, 0.29) is 21.7 Å². The Bertz CT molecular complexity index is 750. The topological polar surface area (TPSA) is 85.3 Å². The second kappa shape index (κ2) is 6.35. The largest absolute Gasteiger partial charge is 0.469 e. The minimum absolute atomic E-state index is 0.0142. The summed E-state index contributed by atoms with van der Waals surface area (Å²) in [7, 11) is -4.06. The molecule has 1 heterocycles. The molecule has 0 atom stereocenters. The summed E-state index contributed by atoms with van der Waals surface area (Å²) >= 11 is 8.80. The van der Waals surface area contributed by atoms with Crippen LogP contribution in [-0.4, -0.2) is 15.0 Å². The Balaban J connectivity index is 2.20. The molecular weight excluding hydrogens is 387 g/mol. The third-order valence-corrected chi connectivity index (χ3v) is 5.53. The summed E-state index contributed by atoms with van der Waals surface area (Å²) < 4.78 is 45.6. The molecule has 0 aliphatic rings. The van der Waals surface area contributed by atoms with Crippen molar-refractivity contribution >= 4 is 43.2 Å². The molecule has 114 valence electrons. The molecule has 1 aromatic heterocycles. The molecule has 0 unspecified atom stereocenters. The summed E-state index contributed by atoms with van der Waals surface area (Å²) in [5.74, 6) is -0.428. The van der Waals surface area contributed by atoms with E-state index >= 15 is 0 Å². The lowest BCUT2D eigenvalue weighted by molar-refractivity contribution is 0.505. The number of hydrogen-bond donors (Lipinski definition) is 2. The van der Waals surface area contributed by atoms with Crippen LogP contribution in [0.25, 0.3) is 0 Å². The molecule has 0 aliphatic heterocycles. The van der Waals surface area contributed by atoms with Crippen molar-refractivity contribution in [2.75, 3.05) is 12.3 Å². The van der Waals surface area contributed by atoms with Crippen LogP contribution < -0.4 is 10.5 Å². The molecule has 3 N–H and O–H groups in total. The maximum atomic E-state index is 14.0. The fourth-order valence-electron chi connectivity index (χ4n) is 1.64. The second-order valence-corrected chi connectivity index (χ2v) is 7.06. The highest BCUT2D eigenvalue weighted by molar-refractivity contribution is 9.10. The third kappa shape index (κ3) is 3.57. The average Bonchev–Trinajstić information content (AvgIpc) is 2.93. The van der Waals surface area contributed by atoms with Crippen LogP contribution in [0.3, 0.4) is 0 Å². The zero-order valence-electron chi connectivity index (χ0n) is 10.6. The molecule has 2 rings (SSSR count). The summed E-state index contributed by atoms with van der Waals surface area (Å²) in [6.07, 6.45) is 1.83. The van der Waals surface area contributed by atoms with E-state index in [9.17, 15) is 12.8 Å². The summed E-state index contributed by atoms with van der Waals surface area (Å²) in [6, 6.07) is 4.41. The number of nitrogens with two attached hydrogens (primary N) is 1. The van der Waals surface area contributed by atoms with Gasteiger partial charge in [0.05, 0.1) is 21.4 Å². The lowest BCUT2D eigenvalue weighted by Crippen LogP contribution is -2.27. The zero-order valence-corrected chi connectivity index (χ0v) is 13.7. The monoisotopic (exact) mass is 396 g/mol. The highest BCUT2D eigenvalue weighted by Crippen LogP contribution is 2.34. The van der Waals surface area contributed by atoms with Crippen LogP contribution in [0, 0.1) is 5.82 Å². The van der Waals surface area contributed by atoms with Gasteiger partial charge in [-0.2, -0.15) is 0 Å². The minimum atomic E-state index is -4.06. The van der Waals surface area contributed by atoms with Crippen molar-refractivity contribution in [3.05, 3.63) is 45.5 Å². The molecule has 0 fully saturated rings. The first-order valence-electron chi connectivity index (χ1n) is 5.78. The normalized spacial score (nSPS) is 11.8. The summed E-state index contributed by atoms with van der Waals surface area (Å²) in [6.45, 7) is 0.0584. The molecule has 2 aromatic rings. The van der Waals surface area contributed by atoms with Crippen LogP contribution in [0.2, 0.25) is 5.02 Å². The van der Waals surface area contributed by atoms with E-state index in [1.165, 1.54) is 6.26 Å². The van der Waals surface area contributed by atoms with Gasteiger partial charge in [0.1, 0.15) is 10.7 Å². The molecular formula is C12H11BrClFN2O3S. The minimum Gasteiger partial charge on any atom is -0.469 e. The molecule has 0 spiro atoms. The van der Waals surface area contributed by atoms with Crippen molar-refractivity contribution in [3.8, 4) is 0 Å². The number of nitrogen functional groups attached to an aromatic ring is 1. The van der Waals surface area contributed by atoms with Crippen molar-refractivity contribution in [2.45, 2.75) is 11.3 Å². The summed E-state index contributed by atoms with van der Waals surface area (Å²) in [5, 5.41) is 0.0142. The Hall–Kier alpha value is -1.09. The van der Waals surface area contributed by atoms with Crippen molar-refractivity contribution in [2.24, 2.45) is 0 Å². The van der Waals surface area contributed by atoms with Gasteiger partial charge in [-0.15, -0.1) is 0 Å². The van der Waals surface area contributed by atoms with Crippen LogP contribution in [0.5, 0.6) is 0 Å². The lowest BCUT2D eigenvalue weighted by Gasteiger charge is -2.10. The van der Waals surface area contributed by atoms with Crippen LogP contribution in [0.1, 0.15) is 5.76 Å². The maximum Gasteiger partial charge on any atom is 0.243 e. The highest BCUT2D eigenvalue weighted by Gasteiger charge is 2.23. The Morgan fingerprint density at radius 1 is 1.48 bits per heavy atom. The molecule has 1 aromatic carbocycles. The van der Waals surface area contributed by atoms with Gasteiger partial charge >= 0.3 is 0 Å². The van der Waals surface area contributed by atoms with E-state index in [2.05, 4.69) is 20.7 Å². The Kier molecular flexibility index (Phi) is 4.92. The first kappa shape index (κ1) is 16.3. The van der Waals surface area contributed by atoms with Crippen molar-refractivity contribution in [3.63, 3.8) is 0 Å². The maximum absolute atomic E-state index is 14.0. The number of furan rings is 1. The van der Waals surface area contributed by atoms with Gasteiger partial charge in [-0.3, -0.25) is 0 Å².